The quantitative estimate of drug-likeness (QED) is 0.887. The highest BCUT2D eigenvalue weighted by Crippen LogP contribution is 2.33. The first-order valence-corrected chi connectivity index (χ1v) is 7.72. The van der Waals surface area contributed by atoms with Crippen LogP contribution in [0.5, 0.6) is 11.5 Å². The largest absolute Gasteiger partial charge is 0.454 e. The van der Waals surface area contributed by atoms with Crippen LogP contribution in [0.15, 0.2) is 30.6 Å². The number of nitrogens with zero attached hydrogens (tertiary/aromatic N) is 2. The van der Waals surface area contributed by atoms with Gasteiger partial charge in [-0.3, -0.25) is 14.7 Å². The Balaban J connectivity index is 1.51. The summed E-state index contributed by atoms with van der Waals surface area (Å²) in [7, 11) is 0. The van der Waals surface area contributed by atoms with E-state index in [-0.39, 0.29) is 18.6 Å². The molecule has 1 atom stereocenters. The van der Waals surface area contributed by atoms with Crippen molar-refractivity contribution >= 4 is 17.5 Å². The van der Waals surface area contributed by atoms with Gasteiger partial charge in [0.1, 0.15) is 6.04 Å². The van der Waals surface area contributed by atoms with E-state index in [9.17, 15) is 9.59 Å². The Hall–Kier alpha value is -3.03. The van der Waals surface area contributed by atoms with Crippen LogP contribution < -0.4 is 14.8 Å². The first-order valence-electron chi connectivity index (χ1n) is 7.72. The summed E-state index contributed by atoms with van der Waals surface area (Å²) in [6, 6.07) is 4.58. The van der Waals surface area contributed by atoms with Crippen molar-refractivity contribution in [3.8, 4) is 11.5 Å². The first kappa shape index (κ1) is 14.6. The van der Waals surface area contributed by atoms with Gasteiger partial charge in [0.05, 0.1) is 11.9 Å². The maximum atomic E-state index is 12.8. The number of benzene rings is 1. The summed E-state index contributed by atoms with van der Waals surface area (Å²) < 4.78 is 10.6. The predicted octanol–water partition coefficient (Wildman–Crippen LogP) is 1.38. The molecule has 2 aliphatic rings. The lowest BCUT2D eigenvalue weighted by atomic mass is 10.1. The van der Waals surface area contributed by atoms with Gasteiger partial charge in [-0.2, -0.15) is 5.10 Å². The third-order valence-electron chi connectivity index (χ3n) is 4.20. The summed E-state index contributed by atoms with van der Waals surface area (Å²) in [6.45, 7) is 0.711. The molecule has 8 nitrogen and oxygen atoms in total. The van der Waals surface area contributed by atoms with E-state index >= 15 is 0 Å². The Kier molecular flexibility index (Phi) is 3.56. The normalized spacial score (nSPS) is 18.7. The number of rotatable bonds is 3. The molecule has 4 rings (SSSR count). The zero-order chi connectivity index (χ0) is 16.5. The number of aromatic amines is 1. The number of hydrogen-bond acceptors (Lipinski definition) is 5. The van der Waals surface area contributed by atoms with Crippen LogP contribution in [-0.4, -0.2) is 46.3 Å². The Labute approximate surface area is 137 Å². The lowest BCUT2D eigenvalue weighted by Gasteiger charge is -2.23. The Morgan fingerprint density at radius 2 is 2.17 bits per heavy atom. The molecule has 1 aromatic heterocycles. The van der Waals surface area contributed by atoms with Crippen molar-refractivity contribution in [1.29, 1.82) is 0 Å². The van der Waals surface area contributed by atoms with Crippen LogP contribution in [-0.2, 0) is 4.79 Å². The molecular weight excluding hydrogens is 312 g/mol. The Morgan fingerprint density at radius 1 is 1.29 bits per heavy atom. The molecule has 1 unspecified atom stereocenters. The van der Waals surface area contributed by atoms with Crippen molar-refractivity contribution in [3.63, 3.8) is 0 Å². The summed E-state index contributed by atoms with van der Waals surface area (Å²) in [5, 5.41) is 9.20. The summed E-state index contributed by atoms with van der Waals surface area (Å²) in [4.78, 5) is 26.9. The van der Waals surface area contributed by atoms with Crippen molar-refractivity contribution in [2.45, 2.75) is 18.9 Å². The van der Waals surface area contributed by atoms with Gasteiger partial charge >= 0.3 is 0 Å². The Bertz CT molecular complexity index is 774. The van der Waals surface area contributed by atoms with E-state index in [4.69, 9.17) is 9.47 Å². The van der Waals surface area contributed by atoms with Crippen LogP contribution in [0.4, 0.5) is 5.69 Å². The smallest absolute Gasteiger partial charge is 0.254 e. The Morgan fingerprint density at radius 3 is 3.00 bits per heavy atom. The number of H-pyrrole nitrogens is 1. The molecule has 0 radical (unpaired) electrons. The van der Waals surface area contributed by atoms with Crippen molar-refractivity contribution in [2.24, 2.45) is 0 Å². The molecule has 1 saturated heterocycles. The molecule has 0 aliphatic carbocycles. The summed E-state index contributed by atoms with van der Waals surface area (Å²) in [5.74, 6) is 0.794. The van der Waals surface area contributed by atoms with Crippen molar-refractivity contribution in [1.82, 2.24) is 15.1 Å². The number of hydrogen-bond donors (Lipinski definition) is 2. The maximum absolute atomic E-state index is 12.8. The van der Waals surface area contributed by atoms with Crippen LogP contribution >= 0.6 is 0 Å². The van der Waals surface area contributed by atoms with Gasteiger partial charge in [-0.15, -0.1) is 0 Å². The lowest BCUT2D eigenvalue weighted by Crippen LogP contribution is -2.43. The molecule has 2 N–H and O–H groups in total. The molecule has 2 aromatic rings. The maximum Gasteiger partial charge on any atom is 0.254 e. The third-order valence-corrected chi connectivity index (χ3v) is 4.20. The SMILES string of the molecule is O=C(Nc1cn[nH]c1)C1CCCN1C(=O)c1ccc2c(c1)OCO2. The van der Waals surface area contributed by atoms with Gasteiger partial charge in [-0.25, -0.2) is 0 Å². The molecule has 24 heavy (non-hydrogen) atoms. The first-order chi connectivity index (χ1) is 11.7. The molecular formula is C16H16N4O4. The fourth-order valence-corrected chi connectivity index (χ4v) is 3.02. The standard InChI is InChI=1S/C16H16N4O4/c21-15(19-11-7-17-18-8-11)12-2-1-5-20(12)16(22)10-3-4-13-14(6-10)24-9-23-13/h3-4,6-8,12H,1-2,5,9H2,(H,17,18)(H,19,21). The number of ether oxygens (including phenoxy) is 2. The van der Waals surface area contributed by atoms with Crippen molar-refractivity contribution in [2.75, 3.05) is 18.7 Å². The van der Waals surface area contributed by atoms with E-state index in [0.29, 0.717) is 35.7 Å². The van der Waals surface area contributed by atoms with Crippen LogP contribution in [0.1, 0.15) is 23.2 Å². The van der Waals surface area contributed by atoms with Gasteiger partial charge in [0.2, 0.25) is 12.7 Å². The van der Waals surface area contributed by atoms with E-state index < -0.39 is 6.04 Å². The van der Waals surface area contributed by atoms with Gasteiger partial charge in [0.15, 0.2) is 11.5 Å². The van der Waals surface area contributed by atoms with Crippen molar-refractivity contribution in [3.05, 3.63) is 36.2 Å². The van der Waals surface area contributed by atoms with Crippen LogP contribution in [0.2, 0.25) is 0 Å². The average Bonchev–Trinajstić information content (AvgIpc) is 3.33. The molecule has 1 fully saturated rings. The molecule has 2 aliphatic heterocycles. The van der Waals surface area contributed by atoms with Gasteiger partial charge in [-0.1, -0.05) is 0 Å². The van der Waals surface area contributed by atoms with Gasteiger partial charge < -0.3 is 19.7 Å². The molecule has 0 spiro atoms. The second-order valence-electron chi connectivity index (χ2n) is 5.70. The molecule has 0 bridgehead atoms. The van der Waals surface area contributed by atoms with E-state index in [1.807, 2.05) is 0 Å². The van der Waals surface area contributed by atoms with Gasteiger partial charge in [0, 0.05) is 18.3 Å². The minimum atomic E-state index is -0.488. The highest BCUT2D eigenvalue weighted by molar-refractivity contribution is 6.01. The lowest BCUT2D eigenvalue weighted by molar-refractivity contribution is -0.119. The molecule has 8 heteroatoms. The molecule has 2 amide bonds. The summed E-state index contributed by atoms with van der Waals surface area (Å²) in [5.41, 5.74) is 1.07. The van der Waals surface area contributed by atoms with Crippen LogP contribution in [0, 0.1) is 0 Å². The number of carbonyl (C=O) groups excluding carboxylic acids is 2. The summed E-state index contributed by atoms with van der Waals surface area (Å²) in [6.07, 6.45) is 4.55. The van der Waals surface area contributed by atoms with Crippen molar-refractivity contribution < 1.29 is 19.1 Å². The number of fused-ring (bicyclic) bond motifs is 1. The van der Waals surface area contributed by atoms with Crippen LogP contribution in [0.3, 0.4) is 0 Å². The van der Waals surface area contributed by atoms with Crippen LogP contribution in [0.25, 0.3) is 0 Å². The van der Waals surface area contributed by atoms with E-state index in [2.05, 4.69) is 15.5 Å². The minimum absolute atomic E-state index is 0.159. The highest BCUT2D eigenvalue weighted by Gasteiger charge is 2.35. The number of nitrogens with one attached hydrogen (secondary N) is 2. The monoisotopic (exact) mass is 328 g/mol. The van der Waals surface area contributed by atoms with Gasteiger partial charge in [0.25, 0.3) is 5.91 Å². The zero-order valence-electron chi connectivity index (χ0n) is 12.8. The molecule has 124 valence electrons. The van der Waals surface area contributed by atoms with E-state index in [1.165, 1.54) is 6.20 Å². The molecule has 0 saturated carbocycles. The topological polar surface area (TPSA) is 96.6 Å². The van der Waals surface area contributed by atoms with E-state index in [0.717, 1.165) is 6.42 Å². The van der Waals surface area contributed by atoms with E-state index in [1.54, 1.807) is 29.3 Å². The second-order valence-corrected chi connectivity index (χ2v) is 5.70. The number of carbonyl (C=O) groups is 2. The number of likely N-dealkylation sites (tertiary alicyclic amines) is 1. The zero-order valence-corrected chi connectivity index (χ0v) is 12.8. The summed E-state index contributed by atoms with van der Waals surface area (Å²) >= 11 is 0. The number of aromatic nitrogens is 2. The second kappa shape index (κ2) is 5.88. The van der Waals surface area contributed by atoms with Gasteiger partial charge in [-0.05, 0) is 31.0 Å². The third kappa shape index (κ3) is 2.55. The fraction of sp³-hybridized carbons (Fsp3) is 0.312. The molecule has 1 aromatic carbocycles. The number of amides is 2. The molecule has 3 heterocycles. The highest BCUT2D eigenvalue weighted by atomic mass is 16.7. The number of anilines is 1. The minimum Gasteiger partial charge on any atom is -0.454 e. The average molecular weight is 328 g/mol. The predicted molar refractivity (Wildman–Crippen MR) is 83.8 cm³/mol. The fourth-order valence-electron chi connectivity index (χ4n) is 3.02.